The van der Waals surface area contributed by atoms with E-state index >= 15 is 0 Å². The molecule has 1 aromatic heterocycles. The number of nitrogens with one attached hydrogen (secondary N) is 1. The highest BCUT2D eigenvalue weighted by atomic mass is 19.4. The van der Waals surface area contributed by atoms with Crippen LogP contribution in [-0.4, -0.2) is 53.3 Å². The predicted molar refractivity (Wildman–Crippen MR) is 99.1 cm³/mol. The van der Waals surface area contributed by atoms with Crippen molar-refractivity contribution >= 4 is 23.5 Å². The van der Waals surface area contributed by atoms with Gasteiger partial charge >= 0.3 is 12.3 Å². The molecule has 12 heteroatoms. The molecule has 3 heterocycles. The van der Waals surface area contributed by atoms with Gasteiger partial charge < -0.3 is 20.5 Å². The summed E-state index contributed by atoms with van der Waals surface area (Å²) in [4.78, 5) is 23.7. The maximum atomic E-state index is 13.3. The first-order valence-corrected chi connectivity index (χ1v) is 9.09. The second-order valence-electron chi connectivity index (χ2n) is 6.94. The van der Waals surface area contributed by atoms with Crippen LogP contribution >= 0.6 is 0 Å². The smallest absolute Gasteiger partial charge is 0.416 e. The molecule has 3 N–H and O–H groups in total. The minimum atomic E-state index is -4.65. The molecule has 1 aromatic carbocycles. The van der Waals surface area contributed by atoms with E-state index in [9.17, 15) is 22.8 Å². The van der Waals surface area contributed by atoms with E-state index in [-0.39, 0.29) is 19.0 Å². The van der Waals surface area contributed by atoms with Gasteiger partial charge in [0.25, 0.3) is 0 Å². The molecule has 4 rings (SSSR count). The summed E-state index contributed by atoms with van der Waals surface area (Å²) in [5.41, 5.74) is 6.93. The Bertz CT molecular complexity index is 1010. The van der Waals surface area contributed by atoms with E-state index in [0.717, 1.165) is 0 Å². The first-order chi connectivity index (χ1) is 14.1. The third kappa shape index (κ3) is 3.48. The summed E-state index contributed by atoms with van der Waals surface area (Å²) in [5.74, 6) is -0.212. The number of aromatic nitrogens is 2. The summed E-state index contributed by atoms with van der Waals surface area (Å²) >= 11 is 0. The van der Waals surface area contributed by atoms with Gasteiger partial charge in [0, 0.05) is 23.4 Å². The van der Waals surface area contributed by atoms with Crippen molar-refractivity contribution in [3.8, 4) is 17.0 Å². The molecule has 0 bridgehead atoms. The zero-order valence-electron chi connectivity index (χ0n) is 15.8. The summed E-state index contributed by atoms with van der Waals surface area (Å²) in [6.07, 6.45) is -5.74. The molecule has 2 amide bonds. The number of halogens is 3. The maximum absolute atomic E-state index is 13.3. The first-order valence-electron chi connectivity index (χ1n) is 9.09. The van der Waals surface area contributed by atoms with Crippen molar-refractivity contribution in [1.82, 2.24) is 9.78 Å². The van der Waals surface area contributed by atoms with E-state index in [1.54, 1.807) is 25.1 Å². The largest absolute Gasteiger partial charge is 0.491 e. The number of benzene rings is 1. The highest BCUT2D eigenvalue weighted by Gasteiger charge is 2.52. The lowest BCUT2D eigenvalue weighted by Crippen LogP contribution is -2.44. The Hall–Kier alpha value is -3.44. The number of hydrogen-bond donors (Lipinski definition) is 2. The number of alkyl halides is 3. The van der Waals surface area contributed by atoms with E-state index in [0.29, 0.717) is 27.6 Å². The highest BCUT2D eigenvalue weighted by molar-refractivity contribution is 5.90. The molecule has 2 atom stereocenters. The zero-order chi connectivity index (χ0) is 21.6. The normalized spacial score (nSPS) is 19.3. The molecule has 0 radical (unpaired) electrons. The van der Waals surface area contributed by atoms with Crippen LogP contribution < -0.4 is 20.7 Å². The van der Waals surface area contributed by atoms with Crippen molar-refractivity contribution in [2.24, 2.45) is 5.73 Å². The Morgan fingerprint density at radius 1 is 1.33 bits per heavy atom. The average molecular weight is 425 g/mol. The monoisotopic (exact) mass is 425 g/mol. The van der Waals surface area contributed by atoms with Crippen molar-refractivity contribution in [2.45, 2.75) is 31.7 Å². The number of amides is 2. The summed E-state index contributed by atoms with van der Waals surface area (Å²) in [6.45, 7) is 1.31. The van der Waals surface area contributed by atoms with Crippen LogP contribution in [0.3, 0.4) is 0 Å². The average Bonchev–Trinajstić information content (AvgIpc) is 3.21. The van der Waals surface area contributed by atoms with E-state index in [1.807, 2.05) is 0 Å². The van der Waals surface area contributed by atoms with Gasteiger partial charge in [-0.05, 0) is 19.1 Å². The molecule has 2 aliphatic rings. The fourth-order valence-electron chi connectivity index (χ4n) is 3.33. The molecule has 0 saturated carbocycles. The van der Waals surface area contributed by atoms with Gasteiger partial charge in [0.05, 0.1) is 12.2 Å². The number of ether oxygens (including phenoxy) is 2. The fraction of sp³-hybridized carbons (Fsp3) is 0.389. The molecule has 160 valence electrons. The third-order valence-electron chi connectivity index (χ3n) is 4.89. The topological polar surface area (TPSA) is 112 Å². The standard InChI is InChI=1S/C18H18F3N5O4/c1-9(16(22)27)23-10-2-3-11-12-7-15(24-25(12)4-5-29-13(11)6-10)26-14(18(19,20)21)8-30-17(26)28/h2-3,6-7,9,14,23H,4-5,8H2,1H3,(H2,22,27)/t9-,14-/m0/s1. The number of rotatable bonds is 4. The minimum Gasteiger partial charge on any atom is -0.491 e. The second-order valence-corrected chi connectivity index (χ2v) is 6.94. The third-order valence-corrected chi connectivity index (χ3v) is 4.89. The number of nitrogens with two attached hydrogens (primary N) is 1. The van der Waals surface area contributed by atoms with Crippen LogP contribution in [0.4, 0.5) is 29.5 Å². The summed E-state index contributed by atoms with van der Waals surface area (Å²) in [5, 5.41) is 7.13. The molecule has 0 aliphatic carbocycles. The number of carbonyl (C=O) groups is 2. The van der Waals surface area contributed by atoms with Gasteiger partial charge in [-0.3, -0.25) is 9.48 Å². The van der Waals surface area contributed by atoms with Crippen LogP contribution in [0.1, 0.15) is 6.92 Å². The van der Waals surface area contributed by atoms with Crippen LogP contribution in [0.2, 0.25) is 0 Å². The maximum Gasteiger partial charge on any atom is 0.416 e. The number of hydrogen-bond acceptors (Lipinski definition) is 6. The number of carbonyl (C=O) groups excluding carboxylic acids is 2. The van der Waals surface area contributed by atoms with E-state index < -0.39 is 36.9 Å². The quantitative estimate of drug-likeness (QED) is 0.776. The Morgan fingerprint density at radius 3 is 2.80 bits per heavy atom. The van der Waals surface area contributed by atoms with Crippen LogP contribution in [0.5, 0.6) is 5.75 Å². The van der Waals surface area contributed by atoms with Crippen LogP contribution in [-0.2, 0) is 16.1 Å². The van der Waals surface area contributed by atoms with Crippen LogP contribution in [0.25, 0.3) is 11.3 Å². The summed E-state index contributed by atoms with van der Waals surface area (Å²) < 4.78 is 51.7. The number of primary amides is 1. The zero-order valence-corrected chi connectivity index (χ0v) is 15.8. The van der Waals surface area contributed by atoms with E-state index in [4.69, 9.17) is 10.5 Å². The van der Waals surface area contributed by atoms with Crippen molar-refractivity contribution < 1.29 is 32.2 Å². The molecule has 1 saturated heterocycles. The summed E-state index contributed by atoms with van der Waals surface area (Å²) in [6, 6.07) is 3.75. The highest BCUT2D eigenvalue weighted by Crippen LogP contribution is 2.39. The van der Waals surface area contributed by atoms with E-state index in [2.05, 4.69) is 15.2 Å². The number of nitrogens with zero attached hydrogens (tertiary/aromatic N) is 3. The second kappa shape index (κ2) is 7.11. The van der Waals surface area contributed by atoms with Crippen LogP contribution in [0.15, 0.2) is 24.3 Å². The molecule has 1 fully saturated rings. The molecule has 9 nitrogen and oxygen atoms in total. The van der Waals surface area contributed by atoms with E-state index in [1.165, 1.54) is 10.7 Å². The Balaban J connectivity index is 1.69. The Morgan fingerprint density at radius 2 is 2.10 bits per heavy atom. The molecule has 0 unspecified atom stereocenters. The van der Waals surface area contributed by atoms with Gasteiger partial charge in [-0.15, -0.1) is 0 Å². The lowest BCUT2D eigenvalue weighted by atomic mass is 10.1. The number of anilines is 2. The lowest BCUT2D eigenvalue weighted by molar-refractivity contribution is -0.147. The number of cyclic esters (lactones) is 1. The molecule has 0 spiro atoms. The Kier molecular flexibility index (Phi) is 4.71. The first kappa shape index (κ1) is 19.9. The molecular formula is C18H18F3N5O4. The Labute approximate surface area is 168 Å². The van der Waals surface area contributed by atoms with Crippen LogP contribution in [0, 0.1) is 0 Å². The SMILES string of the molecule is C[C@H](Nc1ccc2c(c1)OCCn1nc(N3C(=O)OC[C@H]3C(F)(F)F)cc1-2)C(N)=O. The lowest BCUT2D eigenvalue weighted by Gasteiger charge is -2.21. The van der Waals surface area contributed by atoms with Crippen molar-refractivity contribution in [3.05, 3.63) is 24.3 Å². The van der Waals surface area contributed by atoms with Crippen molar-refractivity contribution in [1.29, 1.82) is 0 Å². The van der Waals surface area contributed by atoms with Gasteiger partial charge in [-0.25, -0.2) is 9.69 Å². The molecule has 2 aliphatic heterocycles. The molecule has 30 heavy (non-hydrogen) atoms. The van der Waals surface area contributed by atoms with Gasteiger partial charge in [-0.1, -0.05) is 0 Å². The van der Waals surface area contributed by atoms with Gasteiger partial charge in [0.1, 0.15) is 25.0 Å². The summed E-state index contributed by atoms with van der Waals surface area (Å²) in [7, 11) is 0. The van der Waals surface area contributed by atoms with Gasteiger partial charge in [-0.2, -0.15) is 18.3 Å². The predicted octanol–water partition coefficient (Wildman–Crippen LogP) is 2.12. The number of fused-ring (bicyclic) bond motifs is 3. The van der Waals surface area contributed by atoms with Crippen molar-refractivity contribution in [3.63, 3.8) is 0 Å². The molecule has 2 aromatic rings. The van der Waals surface area contributed by atoms with Gasteiger partial charge in [0.2, 0.25) is 5.91 Å². The minimum absolute atomic E-state index is 0.146. The van der Waals surface area contributed by atoms with Gasteiger partial charge in [0.15, 0.2) is 11.9 Å². The fourth-order valence-corrected chi connectivity index (χ4v) is 3.33. The molecular weight excluding hydrogens is 407 g/mol. The van der Waals surface area contributed by atoms with Crippen molar-refractivity contribution in [2.75, 3.05) is 23.4 Å².